The quantitative estimate of drug-likeness (QED) is 0.587. The van der Waals surface area contributed by atoms with Crippen LogP contribution in [0, 0.1) is 11.2 Å². The summed E-state index contributed by atoms with van der Waals surface area (Å²) in [5, 5.41) is 11.7. The molecule has 1 amide bonds. The monoisotopic (exact) mass is 338 g/mol. The molecule has 1 unspecified atom stereocenters. The van der Waals surface area contributed by atoms with Crippen molar-refractivity contribution in [2.45, 2.75) is 25.7 Å². The molecule has 3 aromatic rings. The van der Waals surface area contributed by atoms with Gasteiger partial charge in [0, 0.05) is 29.0 Å². The van der Waals surface area contributed by atoms with Crippen LogP contribution in [-0.2, 0) is 4.79 Å². The van der Waals surface area contributed by atoms with Crippen molar-refractivity contribution in [2.24, 2.45) is 0 Å². The van der Waals surface area contributed by atoms with Crippen LogP contribution in [0.2, 0.25) is 0 Å². The summed E-state index contributed by atoms with van der Waals surface area (Å²) in [4.78, 5) is 19.1. The van der Waals surface area contributed by atoms with E-state index in [1.807, 2.05) is 13.1 Å². The molecule has 0 saturated heterocycles. The van der Waals surface area contributed by atoms with E-state index < -0.39 is 0 Å². The normalized spacial score (nSPS) is 12.1. The SMILES string of the molecule is CC(CC(=N)CC(=O)Nc1ccccn1)c1c[nH]c2cc(F)ccc12. The second kappa shape index (κ2) is 7.25. The number of hydrogen-bond acceptors (Lipinski definition) is 3. The van der Waals surface area contributed by atoms with E-state index in [9.17, 15) is 9.18 Å². The lowest BCUT2D eigenvalue weighted by atomic mass is 9.94. The number of halogens is 1. The lowest BCUT2D eigenvalue weighted by Gasteiger charge is -2.12. The third kappa shape index (κ3) is 4.09. The van der Waals surface area contributed by atoms with Gasteiger partial charge in [0.15, 0.2) is 0 Å². The van der Waals surface area contributed by atoms with E-state index in [1.54, 1.807) is 30.5 Å². The standard InChI is InChI=1S/C19H19FN4O/c1-12(16-11-23-17-9-13(20)5-6-15(16)17)8-14(21)10-19(25)24-18-4-2-3-7-22-18/h2-7,9,11-12,21,23H,8,10H2,1H3,(H,22,24,25). The van der Waals surface area contributed by atoms with E-state index in [4.69, 9.17) is 5.41 Å². The fourth-order valence-corrected chi connectivity index (χ4v) is 2.90. The van der Waals surface area contributed by atoms with Gasteiger partial charge in [-0.3, -0.25) is 4.79 Å². The number of carbonyl (C=O) groups excluding carboxylic acids is 1. The number of nitrogens with one attached hydrogen (secondary N) is 3. The zero-order valence-electron chi connectivity index (χ0n) is 13.8. The van der Waals surface area contributed by atoms with Gasteiger partial charge in [0.2, 0.25) is 5.91 Å². The van der Waals surface area contributed by atoms with Gasteiger partial charge in [-0.15, -0.1) is 0 Å². The van der Waals surface area contributed by atoms with Crippen molar-refractivity contribution < 1.29 is 9.18 Å². The minimum atomic E-state index is -0.285. The van der Waals surface area contributed by atoms with E-state index in [-0.39, 0.29) is 24.1 Å². The number of aromatic nitrogens is 2. The second-order valence-corrected chi connectivity index (χ2v) is 6.08. The Kier molecular flexibility index (Phi) is 4.88. The van der Waals surface area contributed by atoms with Crippen molar-refractivity contribution in [3.05, 3.63) is 60.2 Å². The first-order valence-corrected chi connectivity index (χ1v) is 8.06. The fraction of sp³-hybridized carbons (Fsp3) is 0.211. The van der Waals surface area contributed by atoms with Gasteiger partial charge in [0.05, 0.1) is 6.42 Å². The van der Waals surface area contributed by atoms with Gasteiger partial charge < -0.3 is 15.7 Å². The van der Waals surface area contributed by atoms with Gasteiger partial charge in [-0.25, -0.2) is 9.37 Å². The molecule has 25 heavy (non-hydrogen) atoms. The summed E-state index contributed by atoms with van der Waals surface area (Å²) in [5.74, 6) is -0.00856. The molecule has 0 spiro atoms. The highest BCUT2D eigenvalue weighted by Crippen LogP contribution is 2.28. The molecule has 128 valence electrons. The molecule has 0 bridgehead atoms. The number of benzene rings is 1. The number of anilines is 1. The molecule has 1 aromatic carbocycles. The number of amides is 1. The van der Waals surface area contributed by atoms with Gasteiger partial charge in [-0.2, -0.15) is 0 Å². The highest BCUT2D eigenvalue weighted by molar-refractivity contribution is 6.05. The van der Waals surface area contributed by atoms with Crippen LogP contribution in [0.3, 0.4) is 0 Å². The van der Waals surface area contributed by atoms with Crippen LogP contribution in [0.4, 0.5) is 10.2 Å². The largest absolute Gasteiger partial charge is 0.361 e. The molecule has 0 radical (unpaired) electrons. The summed E-state index contributed by atoms with van der Waals surface area (Å²) in [7, 11) is 0. The number of carbonyl (C=O) groups is 1. The van der Waals surface area contributed by atoms with E-state index >= 15 is 0 Å². The Morgan fingerprint density at radius 1 is 1.36 bits per heavy atom. The highest BCUT2D eigenvalue weighted by atomic mass is 19.1. The molecule has 0 aliphatic rings. The summed E-state index contributed by atoms with van der Waals surface area (Å²) in [5.41, 5.74) is 2.10. The predicted octanol–water partition coefficient (Wildman–Crippen LogP) is 4.24. The Morgan fingerprint density at radius 2 is 2.20 bits per heavy atom. The van der Waals surface area contributed by atoms with E-state index in [2.05, 4.69) is 15.3 Å². The van der Waals surface area contributed by atoms with Crippen LogP contribution in [-0.4, -0.2) is 21.6 Å². The van der Waals surface area contributed by atoms with Crippen molar-refractivity contribution >= 4 is 28.3 Å². The molecular formula is C19H19FN4O. The molecule has 0 aliphatic heterocycles. The van der Waals surface area contributed by atoms with Crippen LogP contribution >= 0.6 is 0 Å². The predicted molar refractivity (Wildman–Crippen MR) is 96.5 cm³/mol. The van der Waals surface area contributed by atoms with Crippen LogP contribution in [0.1, 0.15) is 31.2 Å². The molecule has 6 heteroatoms. The Hall–Kier alpha value is -3.02. The molecule has 3 rings (SSSR count). The number of hydrogen-bond donors (Lipinski definition) is 3. The topological polar surface area (TPSA) is 81.6 Å². The number of rotatable bonds is 6. The molecule has 0 aliphatic carbocycles. The Morgan fingerprint density at radius 3 is 2.96 bits per heavy atom. The van der Waals surface area contributed by atoms with Crippen LogP contribution in [0.25, 0.3) is 10.9 Å². The van der Waals surface area contributed by atoms with Crippen LogP contribution < -0.4 is 5.32 Å². The molecule has 3 N–H and O–H groups in total. The maximum Gasteiger partial charge on any atom is 0.231 e. The maximum absolute atomic E-state index is 13.3. The van der Waals surface area contributed by atoms with E-state index in [1.165, 1.54) is 12.1 Å². The van der Waals surface area contributed by atoms with Crippen LogP contribution in [0.15, 0.2) is 48.8 Å². The van der Waals surface area contributed by atoms with Gasteiger partial charge >= 0.3 is 0 Å². The summed E-state index contributed by atoms with van der Waals surface area (Å²) < 4.78 is 13.3. The van der Waals surface area contributed by atoms with E-state index in [0.717, 1.165) is 16.5 Å². The summed E-state index contributed by atoms with van der Waals surface area (Å²) in [6.45, 7) is 2.00. The third-order valence-corrected chi connectivity index (χ3v) is 4.07. The number of nitrogens with zero attached hydrogens (tertiary/aromatic N) is 1. The minimum Gasteiger partial charge on any atom is -0.361 e. The first-order valence-electron chi connectivity index (χ1n) is 8.06. The number of pyridine rings is 1. The Bertz CT molecular complexity index is 904. The third-order valence-electron chi connectivity index (χ3n) is 4.07. The first kappa shape index (κ1) is 16.8. The Labute approximate surface area is 144 Å². The van der Waals surface area contributed by atoms with Crippen molar-refractivity contribution in [3.63, 3.8) is 0 Å². The molecular weight excluding hydrogens is 319 g/mol. The van der Waals surface area contributed by atoms with Gasteiger partial charge in [0.1, 0.15) is 11.6 Å². The lowest BCUT2D eigenvalue weighted by Crippen LogP contribution is -2.17. The molecule has 0 saturated carbocycles. The van der Waals surface area contributed by atoms with Crippen molar-refractivity contribution in [2.75, 3.05) is 5.32 Å². The van der Waals surface area contributed by atoms with Gasteiger partial charge in [-0.05, 0) is 48.2 Å². The summed E-state index contributed by atoms with van der Waals surface area (Å²) in [6.07, 6.45) is 3.93. The number of fused-ring (bicyclic) bond motifs is 1. The van der Waals surface area contributed by atoms with Gasteiger partial charge in [0.25, 0.3) is 0 Å². The average Bonchev–Trinajstić information content (AvgIpc) is 2.98. The lowest BCUT2D eigenvalue weighted by molar-refractivity contribution is -0.115. The molecule has 2 heterocycles. The average molecular weight is 338 g/mol. The maximum atomic E-state index is 13.3. The smallest absolute Gasteiger partial charge is 0.231 e. The summed E-state index contributed by atoms with van der Waals surface area (Å²) in [6, 6.07) is 9.89. The van der Waals surface area contributed by atoms with Crippen molar-refractivity contribution in [1.29, 1.82) is 5.41 Å². The molecule has 2 aromatic heterocycles. The van der Waals surface area contributed by atoms with Gasteiger partial charge in [-0.1, -0.05) is 13.0 Å². The zero-order chi connectivity index (χ0) is 17.8. The molecule has 5 nitrogen and oxygen atoms in total. The number of H-pyrrole nitrogens is 1. The second-order valence-electron chi connectivity index (χ2n) is 6.08. The Balaban J connectivity index is 1.61. The van der Waals surface area contributed by atoms with E-state index in [0.29, 0.717) is 18.0 Å². The first-order chi connectivity index (χ1) is 12.0. The highest BCUT2D eigenvalue weighted by Gasteiger charge is 2.15. The van der Waals surface area contributed by atoms with Crippen molar-refractivity contribution in [1.82, 2.24) is 9.97 Å². The van der Waals surface area contributed by atoms with Crippen molar-refractivity contribution in [3.8, 4) is 0 Å². The summed E-state index contributed by atoms with van der Waals surface area (Å²) >= 11 is 0. The zero-order valence-corrected chi connectivity index (χ0v) is 13.8. The number of aromatic amines is 1. The fourth-order valence-electron chi connectivity index (χ4n) is 2.90. The molecule has 1 atom stereocenters. The van der Waals surface area contributed by atoms with Crippen LogP contribution in [0.5, 0.6) is 0 Å². The molecule has 0 fully saturated rings. The minimum absolute atomic E-state index is 0.0257.